The van der Waals surface area contributed by atoms with E-state index >= 15 is 0 Å². The van der Waals surface area contributed by atoms with Gasteiger partial charge in [-0.15, -0.1) is 0 Å². The second kappa shape index (κ2) is 9.18. The van der Waals surface area contributed by atoms with Crippen molar-refractivity contribution in [1.82, 2.24) is 19.9 Å². The minimum absolute atomic E-state index is 0.0754. The van der Waals surface area contributed by atoms with Crippen LogP contribution in [0, 0.1) is 6.92 Å². The van der Waals surface area contributed by atoms with Crippen molar-refractivity contribution in [1.29, 1.82) is 0 Å². The average Bonchev–Trinajstić information content (AvgIpc) is 2.75. The van der Waals surface area contributed by atoms with E-state index in [1.54, 1.807) is 24.7 Å². The Morgan fingerprint density at radius 1 is 1.10 bits per heavy atom. The van der Waals surface area contributed by atoms with Crippen molar-refractivity contribution in [2.45, 2.75) is 51.6 Å². The number of carbonyl (C=O) groups excluding carboxylic acids is 1. The monoisotopic (exact) mass is 417 g/mol. The topological polar surface area (TPSA) is 119 Å². The van der Waals surface area contributed by atoms with Gasteiger partial charge in [0.1, 0.15) is 5.82 Å². The predicted octanol–water partition coefficient (Wildman–Crippen LogP) is 3.87. The van der Waals surface area contributed by atoms with E-state index < -0.39 is 0 Å². The molecule has 2 atom stereocenters. The van der Waals surface area contributed by atoms with Crippen LogP contribution in [0.5, 0.6) is 0 Å². The van der Waals surface area contributed by atoms with Crippen LogP contribution in [0.2, 0.25) is 0 Å². The number of rotatable bonds is 6. The van der Waals surface area contributed by atoms with Crippen molar-refractivity contribution >= 4 is 23.2 Å². The van der Waals surface area contributed by atoms with Gasteiger partial charge in [0.05, 0.1) is 5.56 Å². The van der Waals surface area contributed by atoms with E-state index in [-0.39, 0.29) is 17.9 Å². The molecule has 1 fully saturated rings. The highest BCUT2D eigenvalue weighted by molar-refractivity contribution is 5.99. The summed E-state index contributed by atoms with van der Waals surface area (Å²) in [4.78, 5) is 29.8. The Balaban J connectivity index is 1.64. The third kappa shape index (κ3) is 5.03. The summed E-state index contributed by atoms with van der Waals surface area (Å²) in [5.41, 5.74) is 9.40. The third-order valence-electron chi connectivity index (χ3n) is 5.47. The Hall–Kier alpha value is -3.39. The predicted molar refractivity (Wildman–Crippen MR) is 121 cm³/mol. The summed E-state index contributed by atoms with van der Waals surface area (Å²) >= 11 is 0. The molecule has 31 heavy (non-hydrogen) atoms. The molecule has 2 heterocycles. The Labute approximate surface area is 181 Å². The van der Waals surface area contributed by atoms with Gasteiger partial charge in [-0.2, -0.15) is 4.98 Å². The molecular formula is C23H27N7O. The zero-order chi connectivity index (χ0) is 21.8. The quantitative estimate of drug-likeness (QED) is 0.517. The third-order valence-corrected chi connectivity index (χ3v) is 5.47. The summed E-state index contributed by atoms with van der Waals surface area (Å²) in [5, 5.41) is 6.65. The van der Waals surface area contributed by atoms with Gasteiger partial charge in [0, 0.05) is 41.9 Å². The first-order valence-electron chi connectivity index (χ1n) is 10.6. The van der Waals surface area contributed by atoms with Crippen LogP contribution in [-0.4, -0.2) is 37.8 Å². The van der Waals surface area contributed by atoms with E-state index in [9.17, 15) is 4.79 Å². The summed E-state index contributed by atoms with van der Waals surface area (Å²) in [6, 6.07) is 7.94. The summed E-state index contributed by atoms with van der Waals surface area (Å²) in [6.45, 7) is 3.51. The molecule has 1 aliphatic carbocycles. The highest BCUT2D eigenvalue weighted by atomic mass is 16.1. The van der Waals surface area contributed by atoms with Gasteiger partial charge in [0.25, 0.3) is 0 Å². The Kier molecular flexibility index (Phi) is 6.18. The maximum absolute atomic E-state index is 12.2. The Morgan fingerprint density at radius 3 is 2.61 bits per heavy atom. The zero-order valence-electron chi connectivity index (χ0n) is 17.8. The summed E-state index contributed by atoms with van der Waals surface area (Å²) < 4.78 is 0. The van der Waals surface area contributed by atoms with Gasteiger partial charge in [0.2, 0.25) is 5.95 Å². The minimum Gasteiger partial charge on any atom is -0.350 e. The number of aryl methyl sites for hydroxylation is 1. The Bertz CT molecular complexity index is 1070. The number of Topliss-reactive ketones (excluding diaryl/α,β-unsaturated/α-hetero) is 1. The van der Waals surface area contributed by atoms with E-state index in [0.29, 0.717) is 23.2 Å². The van der Waals surface area contributed by atoms with Crippen molar-refractivity contribution in [2.24, 2.45) is 5.73 Å². The smallest absolute Gasteiger partial charge is 0.224 e. The fourth-order valence-corrected chi connectivity index (χ4v) is 3.88. The average molecular weight is 418 g/mol. The number of ketones is 1. The van der Waals surface area contributed by atoms with E-state index in [0.717, 1.165) is 42.5 Å². The maximum atomic E-state index is 12.2. The lowest BCUT2D eigenvalue weighted by Crippen LogP contribution is -2.43. The second-order valence-electron chi connectivity index (χ2n) is 8.00. The molecule has 0 radical (unpaired) electrons. The van der Waals surface area contributed by atoms with E-state index in [2.05, 4.69) is 30.6 Å². The number of carbonyl (C=O) groups is 1. The van der Waals surface area contributed by atoms with Crippen LogP contribution < -0.4 is 16.4 Å². The molecule has 0 amide bonds. The normalized spacial score (nSPS) is 18.4. The molecule has 0 unspecified atom stereocenters. The zero-order valence-corrected chi connectivity index (χ0v) is 17.8. The first-order chi connectivity index (χ1) is 15.0. The molecule has 1 aromatic carbocycles. The first-order valence-corrected chi connectivity index (χ1v) is 10.6. The van der Waals surface area contributed by atoms with Gasteiger partial charge in [0.15, 0.2) is 11.6 Å². The van der Waals surface area contributed by atoms with Crippen molar-refractivity contribution in [3.63, 3.8) is 0 Å². The number of benzene rings is 1. The standard InChI is InChI=1S/C23H27N7O/c1-14-10-16(21-25-8-5-9-26-21)12-17(11-14)28-22-18(15(2)31)13-27-23(30-22)29-20-7-4-3-6-19(20)24/h5,8-13,19-20H,3-4,6-7,24H2,1-2H3,(H2,27,28,29,30)/t19-,20+/m0/s1. The number of nitrogens with one attached hydrogen (secondary N) is 2. The fourth-order valence-electron chi connectivity index (χ4n) is 3.88. The second-order valence-corrected chi connectivity index (χ2v) is 8.00. The lowest BCUT2D eigenvalue weighted by molar-refractivity contribution is 0.101. The molecule has 8 heteroatoms. The van der Waals surface area contributed by atoms with Gasteiger partial charge in [-0.05, 0) is 56.5 Å². The van der Waals surface area contributed by atoms with Gasteiger partial charge in [-0.25, -0.2) is 15.0 Å². The molecule has 0 aliphatic heterocycles. The number of aromatic nitrogens is 4. The van der Waals surface area contributed by atoms with Crippen LogP contribution in [0.15, 0.2) is 42.9 Å². The highest BCUT2D eigenvalue weighted by Crippen LogP contribution is 2.27. The maximum Gasteiger partial charge on any atom is 0.224 e. The molecule has 1 saturated carbocycles. The fraction of sp³-hybridized carbons (Fsp3) is 0.348. The van der Waals surface area contributed by atoms with Crippen molar-refractivity contribution in [3.05, 3.63) is 54.0 Å². The van der Waals surface area contributed by atoms with Gasteiger partial charge in [-0.3, -0.25) is 4.79 Å². The summed E-state index contributed by atoms with van der Waals surface area (Å²) in [7, 11) is 0. The highest BCUT2D eigenvalue weighted by Gasteiger charge is 2.23. The molecule has 3 aromatic rings. The molecule has 4 N–H and O–H groups in total. The number of hydrogen-bond donors (Lipinski definition) is 3. The molecule has 2 aromatic heterocycles. The van der Waals surface area contributed by atoms with Crippen LogP contribution in [0.25, 0.3) is 11.4 Å². The Morgan fingerprint density at radius 2 is 1.87 bits per heavy atom. The molecular weight excluding hydrogens is 390 g/mol. The molecule has 1 aliphatic rings. The molecule has 0 saturated heterocycles. The van der Waals surface area contributed by atoms with Crippen molar-refractivity contribution < 1.29 is 4.79 Å². The van der Waals surface area contributed by atoms with Crippen LogP contribution in [0.4, 0.5) is 17.5 Å². The molecule has 160 valence electrons. The van der Waals surface area contributed by atoms with E-state index in [1.807, 2.05) is 25.1 Å². The largest absolute Gasteiger partial charge is 0.350 e. The van der Waals surface area contributed by atoms with Crippen LogP contribution >= 0.6 is 0 Å². The van der Waals surface area contributed by atoms with E-state index in [4.69, 9.17) is 5.73 Å². The van der Waals surface area contributed by atoms with Crippen LogP contribution in [0.1, 0.15) is 48.5 Å². The number of nitrogens with two attached hydrogens (primary N) is 1. The first kappa shape index (κ1) is 20.9. The minimum atomic E-state index is -0.109. The number of nitrogens with zero attached hydrogens (tertiary/aromatic N) is 4. The van der Waals surface area contributed by atoms with Crippen molar-refractivity contribution in [2.75, 3.05) is 10.6 Å². The lowest BCUT2D eigenvalue weighted by atomic mass is 9.91. The molecule has 4 rings (SSSR count). The molecule has 0 spiro atoms. The molecule has 0 bridgehead atoms. The van der Waals surface area contributed by atoms with Gasteiger partial charge < -0.3 is 16.4 Å². The van der Waals surface area contributed by atoms with Gasteiger partial charge >= 0.3 is 0 Å². The summed E-state index contributed by atoms with van der Waals surface area (Å²) in [6.07, 6.45) is 9.24. The number of hydrogen-bond acceptors (Lipinski definition) is 8. The van der Waals surface area contributed by atoms with Gasteiger partial charge in [-0.1, -0.05) is 12.8 Å². The lowest BCUT2D eigenvalue weighted by Gasteiger charge is -2.29. The van der Waals surface area contributed by atoms with Crippen LogP contribution in [-0.2, 0) is 0 Å². The van der Waals surface area contributed by atoms with E-state index in [1.165, 1.54) is 6.92 Å². The van der Waals surface area contributed by atoms with Crippen molar-refractivity contribution in [3.8, 4) is 11.4 Å². The number of anilines is 3. The van der Waals surface area contributed by atoms with Crippen LogP contribution in [0.3, 0.4) is 0 Å². The summed E-state index contributed by atoms with van der Waals surface area (Å²) in [5.74, 6) is 1.45. The SMILES string of the molecule is CC(=O)c1cnc(N[C@@H]2CCCC[C@@H]2N)nc1Nc1cc(C)cc(-c2ncccn2)c1. The molecule has 8 nitrogen and oxygen atoms in total.